The van der Waals surface area contributed by atoms with Gasteiger partial charge in [0.1, 0.15) is 0 Å². The van der Waals surface area contributed by atoms with Gasteiger partial charge in [0.15, 0.2) is 6.61 Å². The van der Waals surface area contributed by atoms with Gasteiger partial charge in [0.2, 0.25) is 0 Å². The summed E-state index contributed by atoms with van der Waals surface area (Å²) in [5, 5.41) is 2.35. The minimum atomic E-state index is -0.220. The van der Waals surface area contributed by atoms with Crippen LogP contribution in [0.3, 0.4) is 0 Å². The Labute approximate surface area is 42.7 Å². The standard InChI is InChI=1S/C4H8NO2/c1-5-4(6)3-7-2/h3H,1-2H3,(H,5,6). The highest BCUT2D eigenvalue weighted by Crippen LogP contribution is 1.71. The van der Waals surface area contributed by atoms with Crippen molar-refractivity contribution in [2.24, 2.45) is 0 Å². The first-order valence-corrected chi connectivity index (χ1v) is 1.89. The third-order valence-corrected chi connectivity index (χ3v) is 0.471. The molecule has 0 aliphatic carbocycles. The second-order valence-electron chi connectivity index (χ2n) is 0.968. The molecule has 1 N–H and O–H groups in total. The summed E-state index contributed by atoms with van der Waals surface area (Å²) in [6, 6.07) is 0. The summed E-state index contributed by atoms with van der Waals surface area (Å²) in [6.07, 6.45) is 0. The van der Waals surface area contributed by atoms with Gasteiger partial charge in [-0.15, -0.1) is 0 Å². The third kappa shape index (κ3) is 3.26. The number of rotatable bonds is 2. The molecule has 1 amide bonds. The Kier molecular flexibility index (Phi) is 3.32. The van der Waals surface area contributed by atoms with Gasteiger partial charge < -0.3 is 10.1 Å². The van der Waals surface area contributed by atoms with Crippen LogP contribution in [0, 0.1) is 6.61 Å². The summed E-state index contributed by atoms with van der Waals surface area (Å²) in [7, 11) is 2.97. The van der Waals surface area contributed by atoms with Gasteiger partial charge in [0.05, 0.1) is 0 Å². The topological polar surface area (TPSA) is 38.3 Å². The minimum absolute atomic E-state index is 0.220. The summed E-state index contributed by atoms with van der Waals surface area (Å²) >= 11 is 0. The Morgan fingerprint density at radius 1 is 1.86 bits per heavy atom. The van der Waals surface area contributed by atoms with Crippen LogP contribution in [0.2, 0.25) is 0 Å². The lowest BCUT2D eigenvalue weighted by atomic mass is 10.7. The third-order valence-electron chi connectivity index (χ3n) is 0.471. The zero-order valence-electron chi connectivity index (χ0n) is 4.39. The average molecular weight is 102 g/mol. The first-order valence-electron chi connectivity index (χ1n) is 1.89. The molecule has 0 aromatic rings. The van der Waals surface area contributed by atoms with Crippen LogP contribution in [0.1, 0.15) is 0 Å². The smallest absolute Gasteiger partial charge is 0.252 e. The van der Waals surface area contributed by atoms with Crippen LogP contribution in [0.25, 0.3) is 0 Å². The number of carbonyl (C=O) groups is 1. The van der Waals surface area contributed by atoms with Gasteiger partial charge in [-0.1, -0.05) is 0 Å². The molecule has 41 valence electrons. The zero-order valence-corrected chi connectivity index (χ0v) is 4.39. The van der Waals surface area contributed by atoms with Crippen LogP contribution >= 0.6 is 0 Å². The van der Waals surface area contributed by atoms with E-state index in [2.05, 4.69) is 10.1 Å². The fourth-order valence-electron chi connectivity index (χ4n) is 0.166. The molecule has 0 aromatic carbocycles. The van der Waals surface area contributed by atoms with Crippen LogP contribution in [0.15, 0.2) is 0 Å². The van der Waals surface area contributed by atoms with Gasteiger partial charge in [-0.05, 0) is 0 Å². The lowest BCUT2D eigenvalue weighted by Gasteiger charge is -1.91. The Morgan fingerprint density at radius 3 is 2.57 bits per heavy atom. The van der Waals surface area contributed by atoms with E-state index >= 15 is 0 Å². The van der Waals surface area contributed by atoms with Gasteiger partial charge in [-0.25, -0.2) is 0 Å². The SMILES string of the molecule is CNC(=O)[CH]OC. The monoisotopic (exact) mass is 102 g/mol. The number of nitrogens with one attached hydrogen (secondary N) is 1. The molecular formula is C4H8NO2. The molecule has 0 rings (SSSR count). The van der Waals surface area contributed by atoms with Crippen molar-refractivity contribution in [2.75, 3.05) is 14.2 Å². The predicted octanol–water partition coefficient (Wildman–Crippen LogP) is -0.459. The number of carbonyl (C=O) groups excluding carboxylic acids is 1. The molecule has 0 spiro atoms. The van der Waals surface area contributed by atoms with Gasteiger partial charge in [-0.2, -0.15) is 0 Å². The number of amides is 1. The Morgan fingerprint density at radius 2 is 2.43 bits per heavy atom. The van der Waals surface area contributed by atoms with E-state index < -0.39 is 0 Å². The van der Waals surface area contributed by atoms with Crippen LogP contribution in [0.4, 0.5) is 0 Å². The maximum absolute atomic E-state index is 10.1. The molecule has 3 heteroatoms. The van der Waals surface area contributed by atoms with E-state index in [1.165, 1.54) is 14.2 Å². The van der Waals surface area contributed by atoms with E-state index in [1.54, 1.807) is 0 Å². The molecule has 0 bridgehead atoms. The summed E-state index contributed by atoms with van der Waals surface area (Å²) in [5.74, 6) is -0.220. The molecular weight excluding hydrogens is 94.0 g/mol. The molecule has 0 saturated carbocycles. The fraction of sp³-hybridized carbons (Fsp3) is 0.500. The van der Waals surface area contributed by atoms with Crippen molar-refractivity contribution in [1.29, 1.82) is 0 Å². The second kappa shape index (κ2) is 3.61. The number of methoxy groups -OCH3 is 1. The molecule has 7 heavy (non-hydrogen) atoms. The zero-order chi connectivity index (χ0) is 5.70. The van der Waals surface area contributed by atoms with Gasteiger partial charge in [0.25, 0.3) is 5.91 Å². The van der Waals surface area contributed by atoms with Gasteiger partial charge >= 0.3 is 0 Å². The number of ether oxygens (including phenoxy) is 1. The molecule has 0 aliphatic rings. The van der Waals surface area contributed by atoms with Crippen LogP contribution < -0.4 is 5.32 Å². The van der Waals surface area contributed by atoms with E-state index in [4.69, 9.17) is 0 Å². The number of hydrogen-bond donors (Lipinski definition) is 1. The van der Waals surface area contributed by atoms with Gasteiger partial charge in [0, 0.05) is 14.2 Å². The molecule has 0 aromatic heterocycles. The van der Waals surface area contributed by atoms with E-state index in [0.29, 0.717) is 0 Å². The van der Waals surface area contributed by atoms with Gasteiger partial charge in [-0.3, -0.25) is 4.79 Å². The Bertz CT molecular complexity index is 62.7. The van der Waals surface area contributed by atoms with Crippen molar-refractivity contribution in [2.45, 2.75) is 0 Å². The van der Waals surface area contributed by atoms with E-state index in [0.717, 1.165) is 6.61 Å². The summed E-state index contributed by atoms with van der Waals surface area (Å²) < 4.78 is 4.36. The molecule has 0 atom stereocenters. The molecule has 3 nitrogen and oxygen atoms in total. The van der Waals surface area contributed by atoms with Crippen LogP contribution in [0.5, 0.6) is 0 Å². The van der Waals surface area contributed by atoms with E-state index in [1.807, 2.05) is 0 Å². The Hall–Kier alpha value is -0.570. The normalized spacial score (nSPS) is 8.29. The molecule has 0 unspecified atom stereocenters. The maximum Gasteiger partial charge on any atom is 0.252 e. The van der Waals surface area contributed by atoms with Crippen molar-refractivity contribution in [3.63, 3.8) is 0 Å². The van der Waals surface area contributed by atoms with Crippen LogP contribution in [-0.4, -0.2) is 20.1 Å². The lowest BCUT2D eigenvalue weighted by molar-refractivity contribution is -0.120. The maximum atomic E-state index is 10.1. The highest BCUT2D eigenvalue weighted by atomic mass is 16.5. The predicted molar refractivity (Wildman–Crippen MR) is 25.4 cm³/mol. The van der Waals surface area contributed by atoms with Crippen molar-refractivity contribution >= 4 is 5.91 Å². The summed E-state index contributed by atoms with van der Waals surface area (Å²) in [6.45, 7) is 1.10. The first-order chi connectivity index (χ1) is 3.31. The van der Waals surface area contributed by atoms with E-state index in [-0.39, 0.29) is 5.91 Å². The first kappa shape index (κ1) is 6.43. The van der Waals surface area contributed by atoms with Crippen molar-refractivity contribution in [3.8, 4) is 0 Å². The Balaban J connectivity index is 3.00. The second-order valence-corrected chi connectivity index (χ2v) is 0.968. The molecule has 0 fully saturated rings. The molecule has 0 heterocycles. The quantitative estimate of drug-likeness (QED) is 0.512. The average Bonchev–Trinajstić information content (AvgIpc) is 1.68. The minimum Gasteiger partial charge on any atom is -0.368 e. The van der Waals surface area contributed by atoms with E-state index in [9.17, 15) is 4.79 Å². The van der Waals surface area contributed by atoms with Crippen molar-refractivity contribution in [1.82, 2.24) is 5.32 Å². The largest absolute Gasteiger partial charge is 0.368 e. The number of hydrogen-bond acceptors (Lipinski definition) is 2. The molecule has 0 saturated heterocycles. The summed E-state index contributed by atoms with van der Waals surface area (Å²) in [5.41, 5.74) is 0. The lowest BCUT2D eigenvalue weighted by Crippen LogP contribution is -2.18. The highest BCUT2D eigenvalue weighted by molar-refractivity contribution is 5.82. The van der Waals surface area contributed by atoms with Crippen LogP contribution in [-0.2, 0) is 9.53 Å². The molecule has 0 aliphatic heterocycles. The van der Waals surface area contributed by atoms with Crippen molar-refractivity contribution in [3.05, 3.63) is 6.61 Å². The van der Waals surface area contributed by atoms with Crippen molar-refractivity contribution < 1.29 is 9.53 Å². The number of likely N-dealkylation sites (N-methyl/N-ethyl adjacent to an activating group) is 1. The fourth-order valence-corrected chi connectivity index (χ4v) is 0.166. The molecule has 1 radical (unpaired) electrons. The summed E-state index contributed by atoms with van der Waals surface area (Å²) in [4.78, 5) is 10.1. The highest BCUT2D eigenvalue weighted by Gasteiger charge is 1.91.